The number of pyridine rings is 1. The van der Waals surface area contributed by atoms with Crippen molar-refractivity contribution >= 4 is 16.7 Å². The Hall–Kier alpha value is -4.46. The number of nitrogens with one attached hydrogen (secondary N) is 1. The molecule has 0 bridgehead atoms. The molecule has 0 fully saturated rings. The van der Waals surface area contributed by atoms with Crippen LogP contribution in [-0.2, 0) is 7.05 Å². The van der Waals surface area contributed by atoms with Crippen LogP contribution in [-0.4, -0.2) is 14.7 Å². The van der Waals surface area contributed by atoms with Crippen molar-refractivity contribution in [2.45, 2.75) is 26.8 Å². The van der Waals surface area contributed by atoms with Crippen LogP contribution in [0.15, 0.2) is 79.3 Å². The summed E-state index contributed by atoms with van der Waals surface area (Å²) in [6, 6.07) is 16.9. The Labute approximate surface area is 200 Å². The van der Waals surface area contributed by atoms with E-state index in [0.29, 0.717) is 39.5 Å². The van der Waals surface area contributed by atoms with Gasteiger partial charge in [-0.1, -0.05) is 41.6 Å². The summed E-state index contributed by atoms with van der Waals surface area (Å²) in [7, 11) is 1.58. The van der Waals surface area contributed by atoms with Crippen molar-refractivity contribution in [3.05, 3.63) is 98.3 Å². The summed E-state index contributed by atoms with van der Waals surface area (Å²) >= 11 is 0. The minimum absolute atomic E-state index is 0.0538. The van der Waals surface area contributed by atoms with Gasteiger partial charge < -0.3 is 9.73 Å². The van der Waals surface area contributed by atoms with Crippen molar-refractivity contribution in [3.63, 3.8) is 0 Å². The molecule has 8 heteroatoms. The summed E-state index contributed by atoms with van der Waals surface area (Å²) < 4.78 is 12.5. The summed E-state index contributed by atoms with van der Waals surface area (Å²) in [5.74, 6) is 0.299. The van der Waals surface area contributed by atoms with Crippen LogP contribution in [0.2, 0.25) is 0 Å². The van der Waals surface area contributed by atoms with E-state index >= 15 is 0 Å². The van der Waals surface area contributed by atoms with Crippen LogP contribution in [0.1, 0.15) is 29.7 Å². The van der Waals surface area contributed by atoms with Gasteiger partial charge in [0.05, 0.1) is 17.1 Å². The number of rotatable bonds is 5. The molecule has 0 amide bonds. The lowest BCUT2D eigenvalue weighted by molar-refractivity contribution is 0.380. The molecule has 1 atom stereocenters. The van der Waals surface area contributed by atoms with E-state index in [0.717, 1.165) is 16.7 Å². The number of hydrogen-bond donors (Lipinski definition) is 1. The lowest BCUT2D eigenvalue weighted by Gasteiger charge is -2.20. The predicted molar refractivity (Wildman–Crippen MR) is 134 cm³/mol. The van der Waals surface area contributed by atoms with Crippen LogP contribution in [0.5, 0.6) is 0 Å². The first-order valence-electron chi connectivity index (χ1n) is 11.2. The fraction of sp³-hybridized carbons (Fsp3) is 0.185. The molecular formula is C27H24N4O4. The van der Waals surface area contributed by atoms with Crippen LogP contribution in [0.4, 0.5) is 5.69 Å². The highest BCUT2D eigenvalue weighted by Gasteiger charge is 2.21. The van der Waals surface area contributed by atoms with Crippen molar-refractivity contribution < 1.29 is 8.94 Å². The van der Waals surface area contributed by atoms with Gasteiger partial charge in [0.15, 0.2) is 5.43 Å². The van der Waals surface area contributed by atoms with E-state index in [1.807, 2.05) is 62.4 Å². The topological polar surface area (TPSA) is 103 Å². The van der Waals surface area contributed by atoms with Gasteiger partial charge in [0.25, 0.3) is 0 Å². The van der Waals surface area contributed by atoms with Gasteiger partial charge in [-0.25, -0.2) is 4.79 Å². The molecule has 5 rings (SSSR count). The second-order valence-corrected chi connectivity index (χ2v) is 8.58. The monoisotopic (exact) mass is 468 g/mol. The summed E-state index contributed by atoms with van der Waals surface area (Å²) in [5, 5.41) is 7.86. The molecule has 0 aliphatic rings. The van der Waals surface area contributed by atoms with E-state index < -0.39 is 5.76 Å². The van der Waals surface area contributed by atoms with Gasteiger partial charge >= 0.3 is 5.76 Å². The largest absolute Gasteiger partial charge is 0.455 e. The molecule has 2 aromatic carbocycles. The van der Waals surface area contributed by atoms with Crippen LogP contribution >= 0.6 is 0 Å². The number of benzene rings is 2. The predicted octanol–water partition coefficient (Wildman–Crippen LogP) is 5.00. The molecule has 176 valence electrons. The van der Waals surface area contributed by atoms with Crippen molar-refractivity contribution in [1.29, 1.82) is 0 Å². The van der Waals surface area contributed by atoms with E-state index in [-0.39, 0.29) is 11.5 Å². The summed E-state index contributed by atoms with van der Waals surface area (Å²) in [5.41, 5.74) is 4.82. The average molecular weight is 469 g/mol. The van der Waals surface area contributed by atoms with E-state index in [1.165, 1.54) is 4.57 Å². The number of hydrogen-bond acceptors (Lipinski definition) is 7. The minimum atomic E-state index is -0.570. The summed E-state index contributed by atoms with van der Waals surface area (Å²) in [4.78, 5) is 29.6. The fourth-order valence-electron chi connectivity index (χ4n) is 4.26. The minimum Gasteiger partial charge on any atom is -0.455 e. The number of aromatic nitrogens is 3. The molecule has 0 aliphatic carbocycles. The smallest absolute Gasteiger partial charge is 0.441 e. The normalized spacial score (nSPS) is 12.1. The van der Waals surface area contributed by atoms with E-state index in [9.17, 15) is 9.59 Å². The van der Waals surface area contributed by atoms with E-state index in [1.54, 1.807) is 26.2 Å². The van der Waals surface area contributed by atoms with Crippen molar-refractivity contribution in [1.82, 2.24) is 14.7 Å². The van der Waals surface area contributed by atoms with Crippen molar-refractivity contribution in [2.75, 3.05) is 5.32 Å². The Morgan fingerprint density at radius 2 is 1.80 bits per heavy atom. The van der Waals surface area contributed by atoms with Gasteiger partial charge in [0, 0.05) is 29.9 Å². The Kier molecular flexibility index (Phi) is 5.56. The molecule has 0 aliphatic heterocycles. The van der Waals surface area contributed by atoms with Crippen LogP contribution in [0.3, 0.4) is 0 Å². The fourth-order valence-corrected chi connectivity index (χ4v) is 4.26. The highest BCUT2D eigenvalue weighted by Crippen LogP contribution is 2.33. The van der Waals surface area contributed by atoms with Gasteiger partial charge in [-0.15, -0.1) is 0 Å². The second kappa shape index (κ2) is 8.72. The van der Waals surface area contributed by atoms with Gasteiger partial charge in [0.2, 0.25) is 5.82 Å². The lowest BCUT2D eigenvalue weighted by Crippen LogP contribution is -2.14. The van der Waals surface area contributed by atoms with Gasteiger partial charge in [-0.2, -0.15) is 0 Å². The third-order valence-electron chi connectivity index (χ3n) is 6.09. The van der Waals surface area contributed by atoms with E-state index in [4.69, 9.17) is 8.94 Å². The lowest BCUT2D eigenvalue weighted by atomic mass is 9.98. The van der Waals surface area contributed by atoms with Gasteiger partial charge in [-0.3, -0.25) is 18.9 Å². The number of aryl methyl sites for hydroxylation is 1. The zero-order valence-corrected chi connectivity index (χ0v) is 19.8. The van der Waals surface area contributed by atoms with E-state index in [2.05, 4.69) is 15.5 Å². The molecule has 5 aromatic rings. The third kappa shape index (κ3) is 3.93. The maximum absolute atomic E-state index is 13.3. The molecule has 0 radical (unpaired) electrons. The maximum Gasteiger partial charge on any atom is 0.441 e. The number of nitrogens with zero attached hydrogens (tertiary/aromatic N) is 3. The Morgan fingerprint density at radius 1 is 1.03 bits per heavy atom. The van der Waals surface area contributed by atoms with Crippen LogP contribution in [0.25, 0.3) is 33.8 Å². The number of fused-ring (bicyclic) bond motifs is 1. The van der Waals surface area contributed by atoms with Crippen LogP contribution in [0, 0.1) is 13.8 Å². The summed E-state index contributed by atoms with van der Waals surface area (Å²) in [6.45, 7) is 5.73. The molecule has 3 heterocycles. The van der Waals surface area contributed by atoms with Crippen LogP contribution < -0.4 is 16.5 Å². The third-order valence-corrected chi connectivity index (χ3v) is 6.09. The molecule has 3 aromatic heterocycles. The molecule has 35 heavy (non-hydrogen) atoms. The summed E-state index contributed by atoms with van der Waals surface area (Å²) in [6.07, 6.45) is 1.63. The highest BCUT2D eigenvalue weighted by molar-refractivity contribution is 5.85. The first-order chi connectivity index (χ1) is 16.8. The quantitative estimate of drug-likeness (QED) is 0.387. The second-order valence-electron chi connectivity index (χ2n) is 8.58. The van der Waals surface area contributed by atoms with Crippen molar-refractivity contribution in [3.8, 4) is 22.8 Å². The Balaban J connectivity index is 1.64. The molecule has 0 saturated heterocycles. The molecular weight excluding hydrogens is 444 g/mol. The van der Waals surface area contributed by atoms with Crippen molar-refractivity contribution in [2.24, 2.45) is 7.05 Å². The Bertz CT molecular complexity index is 1660. The average Bonchev–Trinajstić information content (AvgIpc) is 3.20. The number of anilines is 1. The molecule has 1 N–H and O–H groups in total. The molecule has 8 nitrogen and oxygen atoms in total. The highest BCUT2D eigenvalue weighted by atomic mass is 16.5. The standard InChI is InChI=1S/C27H24N4O4/c1-15-13-19(17(3)29-21-11-8-12-28-22(21)26-30-35-27(33)31(26)4)25-20(14-15)23(32)16(2)24(34-25)18-9-6-5-7-10-18/h5-14,17,29H,1-4H3/t17-/m1/s1. The first-order valence-corrected chi connectivity index (χ1v) is 11.2. The SMILES string of the molecule is Cc1cc([C@@H](C)Nc2cccnc2-c2noc(=O)n2C)c2oc(-c3ccccc3)c(C)c(=O)c2c1. The first kappa shape index (κ1) is 22.3. The molecule has 0 unspecified atom stereocenters. The zero-order valence-electron chi connectivity index (χ0n) is 19.8. The maximum atomic E-state index is 13.3. The molecule has 0 saturated carbocycles. The zero-order chi connectivity index (χ0) is 24.7. The Morgan fingerprint density at radius 3 is 2.51 bits per heavy atom. The van der Waals surface area contributed by atoms with Gasteiger partial charge in [0.1, 0.15) is 17.0 Å². The molecule has 0 spiro atoms. The van der Waals surface area contributed by atoms with Gasteiger partial charge in [-0.05, 0) is 44.5 Å².